The van der Waals surface area contributed by atoms with Gasteiger partial charge in [-0.15, -0.1) is 11.3 Å². The van der Waals surface area contributed by atoms with E-state index in [1.54, 1.807) is 20.3 Å². The highest BCUT2D eigenvalue weighted by Gasteiger charge is 2.12. The number of benzene rings is 2. The average molecular weight is 344 g/mol. The van der Waals surface area contributed by atoms with Gasteiger partial charge >= 0.3 is 0 Å². The summed E-state index contributed by atoms with van der Waals surface area (Å²) in [5, 5.41) is 5.79. The first-order valence-corrected chi connectivity index (χ1v) is 8.20. The summed E-state index contributed by atoms with van der Waals surface area (Å²) < 4.78 is 24.0. The molecule has 0 bridgehead atoms. The molecule has 0 spiro atoms. The van der Waals surface area contributed by atoms with Crippen LogP contribution in [-0.2, 0) is 0 Å². The van der Waals surface area contributed by atoms with Gasteiger partial charge < -0.3 is 14.8 Å². The summed E-state index contributed by atoms with van der Waals surface area (Å²) >= 11 is 1.45. The van der Waals surface area contributed by atoms with Crippen molar-refractivity contribution >= 4 is 22.2 Å². The molecular weight excluding hydrogens is 327 g/mol. The van der Waals surface area contributed by atoms with Crippen molar-refractivity contribution in [2.24, 2.45) is 0 Å². The number of methoxy groups -OCH3 is 2. The number of aromatic nitrogens is 1. The topological polar surface area (TPSA) is 43.4 Å². The third-order valence-corrected chi connectivity index (χ3v) is 4.39. The first kappa shape index (κ1) is 16.3. The number of anilines is 2. The number of rotatable bonds is 5. The van der Waals surface area contributed by atoms with Gasteiger partial charge in [0.2, 0.25) is 0 Å². The summed E-state index contributed by atoms with van der Waals surface area (Å²) in [5.41, 5.74) is 3.32. The van der Waals surface area contributed by atoms with Gasteiger partial charge in [-0.2, -0.15) is 0 Å². The fraction of sp³-hybridized carbons (Fsp3) is 0.167. The minimum absolute atomic E-state index is 0.281. The Hall–Kier alpha value is -2.60. The lowest BCUT2D eigenvalue weighted by Crippen LogP contribution is -1.94. The molecular formula is C18H17FN2O2S. The molecule has 0 aliphatic rings. The summed E-state index contributed by atoms with van der Waals surface area (Å²) in [6.07, 6.45) is 0. The van der Waals surface area contributed by atoms with Crippen LogP contribution in [-0.4, -0.2) is 19.2 Å². The van der Waals surface area contributed by atoms with E-state index in [0.717, 1.165) is 22.6 Å². The number of hydrogen-bond donors (Lipinski definition) is 1. The number of thiazole rings is 1. The van der Waals surface area contributed by atoms with Gasteiger partial charge in [-0.1, -0.05) is 6.07 Å². The predicted molar refractivity (Wildman–Crippen MR) is 95.1 cm³/mol. The van der Waals surface area contributed by atoms with Gasteiger partial charge in [0.25, 0.3) is 0 Å². The Bertz CT molecular complexity index is 864. The molecule has 1 heterocycles. The number of nitrogens with one attached hydrogen (secondary N) is 1. The molecule has 0 saturated carbocycles. The van der Waals surface area contributed by atoms with Crippen LogP contribution in [0.5, 0.6) is 11.5 Å². The van der Waals surface area contributed by atoms with Gasteiger partial charge in [0, 0.05) is 22.7 Å². The number of aryl methyl sites for hydroxylation is 1. The number of nitrogens with zero attached hydrogens (tertiary/aromatic N) is 1. The largest absolute Gasteiger partial charge is 0.497 e. The van der Waals surface area contributed by atoms with E-state index in [9.17, 15) is 4.39 Å². The summed E-state index contributed by atoms with van der Waals surface area (Å²) in [5.74, 6) is 1.13. The van der Waals surface area contributed by atoms with Crippen LogP contribution in [0, 0.1) is 12.7 Å². The Labute approximate surface area is 143 Å². The molecule has 6 heteroatoms. The van der Waals surface area contributed by atoms with Crippen molar-refractivity contribution in [2.45, 2.75) is 6.92 Å². The Balaban J connectivity index is 1.89. The Morgan fingerprint density at radius 3 is 2.67 bits per heavy atom. The van der Waals surface area contributed by atoms with Gasteiger partial charge in [0.15, 0.2) is 5.13 Å². The van der Waals surface area contributed by atoms with Crippen molar-refractivity contribution in [3.8, 4) is 22.8 Å². The quantitative estimate of drug-likeness (QED) is 0.706. The zero-order valence-corrected chi connectivity index (χ0v) is 14.4. The molecule has 1 N–H and O–H groups in total. The maximum absolute atomic E-state index is 13.4. The first-order chi connectivity index (χ1) is 11.6. The number of hydrogen-bond acceptors (Lipinski definition) is 5. The number of halogens is 1. The van der Waals surface area contributed by atoms with Gasteiger partial charge in [-0.3, -0.25) is 0 Å². The molecule has 0 atom stereocenters. The van der Waals surface area contributed by atoms with Crippen molar-refractivity contribution in [2.75, 3.05) is 19.5 Å². The predicted octanol–water partition coefficient (Wildman–Crippen LogP) is 5.02. The number of ether oxygens (including phenoxy) is 2. The van der Waals surface area contributed by atoms with Gasteiger partial charge in [-0.25, -0.2) is 9.37 Å². The first-order valence-electron chi connectivity index (χ1n) is 7.32. The van der Waals surface area contributed by atoms with Crippen LogP contribution in [0.1, 0.15) is 5.56 Å². The molecule has 124 valence electrons. The lowest BCUT2D eigenvalue weighted by atomic mass is 10.1. The van der Waals surface area contributed by atoms with Crippen molar-refractivity contribution in [1.29, 1.82) is 0 Å². The third-order valence-electron chi connectivity index (χ3n) is 3.63. The van der Waals surface area contributed by atoms with E-state index < -0.39 is 0 Å². The Morgan fingerprint density at radius 1 is 1.08 bits per heavy atom. The van der Waals surface area contributed by atoms with E-state index in [-0.39, 0.29) is 5.82 Å². The van der Waals surface area contributed by atoms with Crippen LogP contribution >= 0.6 is 11.3 Å². The van der Waals surface area contributed by atoms with Crippen LogP contribution in [0.4, 0.5) is 15.2 Å². The maximum Gasteiger partial charge on any atom is 0.187 e. The van der Waals surface area contributed by atoms with Crippen LogP contribution in [0.25, 0.3) is 11.3 Å². The monoisotopic (exact) mass is 344 g/mol. The van der Waals surface area contributed by atoms with E-state index in [4.69, 9.17) is 9.47 Å². The normalized spacial score (nSPS) is 10.5. The molecule has 24 heavy (non-hydrogen) atoms. The van der Waals surface area contributed by atoms with Crippen LogP contribution in [0.3, 0.4) is 0 Å². The SMILES string of the molecule is COc1ccc(-c2csc(Nc3cc(F)ccc3C)n2)c(OC)c1. The molecule has 0 aliphatic heterocycles. The standard InChI is InChI=1S/C18H17FN2O2S/c1-11-4-5-12(19)8-15(11)20-18-21-16(10-24-18)14-7-6-13(22-2)9-17(14)23-3/h4-10H,1-3H3,(H,20,21). The maximum atomic E-state index is 13.4. The zero-order valence-electron chi connectivity index (χ0n) is 13.6. The Kier molecular flexibility index (Phi) is 4.66. The average Bonchev–Trinajstić information content (AvgIpc) is 3.05. The highest BCUT2D eigenvalue weighted by Crippen LogP contribution is 2.35. The molecule has 4 nitrogen and oxygen atoms in total. The molecule has 2 aromatic carbocycles. The molecule has 3 rings (SSSR count). The van der Waals surface area contributed by atoms with Gasteiger partial charge in [0.05, 0.1) is 19.9 Å². The minimum atomic E-state index is -0.281. The van der Waals surface area contributed by atoms with Crippen molar-refractivity contribution in [1.82, 2.24) is 4.98 Å². The molecule has 0 unspecified atom stereocenters. The molecule has 0 radical (unpaired) electrons. The van der Waals surface area contributed by atoms with E-state index in [2.05, 4.69) is 10.3 Å². The second kappa shape index (κ2) is 6.88. The second-order valence-corrected chi connectivity index (χ2v) is 6.05. The highest BCUT2D eigenvalue weighted by molar-refractivity contribution is 7.14. The summed E-state index contributed by atoms with van der Waals surface area (Å²) in [6, 6.07) is 10.2. The van der Waals surface area contributed by atoms with E-state index in [0.29, 0.717) is 16.6 Å². The minimum Gasteiger partial charge on any atom is -0.497 e. The smallest absolute Gasteiger partial charge is 0.187 e. The lowest BCUT2D eigenvalue weighted by Gasteiger charge is -2.09. The van der Waals surface area contributed by atoms with E-state index >= 15 is 0 Å². The zero-order chi connectivity index (χ0) is 17.1. The van der Waals surface area contributed by atoms with E-state index in [1.807, 2.05) is 30.5 Å². The van der Waals surface area contributed by atoms with Crippen molar-refractivity contribution in [3.05, 3.63) is 53.2 Å². The van der Waals surface area contributed by atoms with Crippen LogP contribution in [0.15, 0.2) is 41.8 Å². The molecule has 0 saturated heterocycles. The van der Waals surface area contributed by atoms with Crippen LogP contribution in [0.2, 0.25) is 0 Å². The summed E-state index contributed by atoms with van der Waals surface area (Å²) in [6.45, 7) is 1.92. The molecule has 0 amide bonds. The summed E-state index contributed by atoms with van der Waals surface area (Å²) in [4.78, 5) is 4.57. The van der Waals surface area contributed by atoms with Gasteiger partial charge in [0.1, 0.15) is 17.3 Å². The van der Waals surface area contributed by atoms with Gasteiger partial charge in [-0.05, 0) is 36.8 Å². The third kappa shape index (κ3) is 3.33. The van der Waals surface area contributed by atoms with E-state index in [1.165, 1.54) is 23.5 Å². The highest BCUT2D eigenvalue weighted by atomic mass is 32.1. The molecule has 0 aliphatic carbocycles. The fourth-order valence-electron chi connectivity index (χ4n) is 2.31. The fourth-order valence-corrected chi connectivity index (χ4v) is 3.03. The summed E-state index contributed by atoms with van der Waals surface area (Å²) in [7, 11) is 3.22. The van der Waals surface area contributed by atoms with Crippen molar-refractivity contribution < 1.29 is 13.9 Å². The molecule has 0 fully saturated rings. The second-order valence-electron chi connectivity index (χ2n) is 5.19. The molecule has 3 aromatic rings. The lowest BCUT2D eigenvalue weighted by molar-refractivity contribution is 0.395. The Morgan fingerprint density at radius 2 is 1.92 bits per heavy atom. The van der Waals surface area contributed by atoms with Crippen molar-refractivity contribution in [3.63, 3.8) is 0 Å². The van der Waals surface area contributed by atoms with Crippen LogP contribution < -0.4 is 14.8 Å². The molecule has 1 aromatic heterocycles.